The predicted octanol–water partition coefficient (Wildman–Crippen LogP) is 3.88. The van der Waals surface area contributed by atoms with Crippen LogP contribution in [0, 0.1) is 0 Å². The number of methoxy groups -OCH3 is 1. The van der Waals surface area contributed by atoms with E-state index in [9.17, 15) is 4.79 Å². The number of benzene rings is 1. The van der Waals surface area contributed by atoms with Gasteiger partial charge in [-0.1, -0.05) is 17.8 Å². The number of ether oxygens (including phenoxy) is 1. The van der Waals surface area contributed by atoms with Crippen molar-refractivity contribution in [3.63, 3.8) is 0 Å². The van der Waals surface area contributed by atoms with Gasteiger partial charge in [-0.15, -0.1) is 16.8 Å². The normalized spacial score (nSPS) is 11.1. The van der Waals surface area contributed by atoms with Crippen molar-refractivity contribution in [2.75, 3.05) is 12.9 Å². The van der Waals surface area contributed by atoms with Gasteiger partial charge in [-0.05, 0) is 52.0 Å². The van der Waals surface area contributed by atoms with Gasteiger partial charge in [0.15, 0.2) is 11.0 Å². The predicted molar refractivity (Wildman–Crippen MR) is 110 cm³/mol. The minimum absolute atomic E-state index is 0.101. The van der Waals surface area contributed by atoms with E-state index in [1.807, 2.05) is 61.4 Å². The number of hydrogen-bond acceptors (Lipinski definition) is 5. The van der Waals surface area contributed by atoms with Crippen molar-refractivity contribution in [1.29, 1.82) is 0 Å². The van der Waals surface area contributed by atoms with Crippen LogP contribution < -0.4 is 4.74 Å². The Morgan fingerprint density at radius 1 is 1.22 bits per heavy atom. The summed E-state index contributed by atoms with van der Waals surface area (Å²) < 4.78 is 7.18. The highest BCUT2D eigenvalue weighted by Crippen LogP contribution is 2.26. The van der Waals surface area contributed by atoms with Crippen LogP contribution >= 0.6 is 11.8 Å². The molecule has 0 spiro atoms. The largest absolute Gasteiger partial charge is 0.497 e. The Hall–Kier alpha value is -2.28. The lowest BCUT2D eigenvalue weighted by Crippen LogP contribution is -2.43. The minimum atomic E-state index is 0.101. The van der Waals surface area contributed by atoms with Crippen LogP contribution in [0.25, 0.3) is 11.4 Å². The Morgan fingerprint density at radius 3 is 2.37 bits per heavy atom. The second-order valence-corrected chi connectivity index (χ2v) is 7.65. The van der Waals surface area contributed by atoms with Crippen molar-refractivity contribution in [1.82, 2.24) is 19.7 Å². The highest BCUT2D eigenvalue weighted by atomic mass is 32.2. The van der Waals surface area contributed by atoms with Crippen molar-refractivity contribution in [3.05, 3.63) is 36.9 Å². The Labute approximate surface area is 165 Å². The molecule has 0 N–H and O–H groups in total. The van der Waals surface area contributed by atoms with Crippen LogP contribution in [0.3, 0.4) is 0 Å². The Balaban J connectivity index is 2.21. The smallest absolute Gasteiger partial charge is 0.233 e. The number of nitrogens with zero attached hydrogens (tertiary/aromatic N) is 4. The monoisotopic (exact) mass is 388 g/mol. The number of carbonyl (C=O) groups is 1. The van der Waals surface area contributed by atoms with Gasteiger partial charge in [0.1, 0.15) is 5.75 Å². The molecule has 0 fully saturated rings. The number of rotatable bonds is 9. The Bertz CT molecular complexity index is 761. The zero-order valence-corrected chi connectivity index (χ0v) is 17.5. The third-order valence-electron chi connectivity index (χ3n) is 4.10. The molecule has 7 heteroatoms. The van der Waals surface area contributed by atoms with E-state index in [-0.39, 0.29) is 18.0 Å². The molecular weight excluding hydrogens is 360 g/mol. The van der Waals surface area contributed by atoms with Gasteiger partial charge in [0.25, 0.3) is 0 Å². The van der Waals surface area contributed by atoms with Gasteiger partial charge < -0.3 is 9.64 Å². The fraction of sp³-hybridized carbons (Fsp3) is 0.450. The number of aromatic nitrogens is 3. The van der Waals surface area contributed by atoms with E-state index in [2.05, 4.69) is 16.8 Å². The van der Waals surface area contributed by atoms with E-state index in [0.717, 1.165) is 17.1 Å². The molecule has 0 radical (unpaired) electrons. The number of allylic oxidation sites excluding steroid dienone is 1. The zero-order chi connectivity index (χ0) is 20.0. The lowest BCUT2D eigenvalue weighted by Gasteiger charge is -2.30. The van der Waals surface area contributed by atoms with E-state index >= 15 is 0 Å². The Morgan fingerprint density at radius 2 is 1.85 bits per heavy atom. The van der Waals surface area contributed by atoms with Crippen LogP contribution in [0.4, 0.5) is 0 Å². The van der Waals surface area contributed by atoms with E-state index < -0.39 is 0 Å². The first-order valence-electron chi connectivity index (χ1n) is 9.01. The molecule has 6 nitrogen and oxygen atoms in total. The number of hydrogen-bond donors (Lipinski definition) is 0. The maximum absolute atomic E-state index is 12.6. The van der Waals surface area contributed by atoms with Crippen LogP contribution in [-0.4, -0.2) is 50.5 Å². The molecule has 0 saturated carbocycles. The second kappa shape index (κ2) is 9.60. The summed E-state index contributed by atoms with van der Waals surface area (Å²) in [5.41, 5.74) is 0.939. The van der Waals surface area contributed by atoms with Crippen LogP contribution in [-0.2, 0) is 11.3 Å². The molecule has 0 bridgehead atoms. The number of thioether (sulfide) groups is 1. The summed E-state index contributed by atoms with van der Waals surface area (Å²) >= 11 is 1.41. The van der Waals surface area contributed by atoms with Crippen LogP contribution in [0.15, 0.2) is 42.1 Å². The van der Waals surface area contributed by atoms with E-state index in [1.54, 1.807) is 13.2 Å². The van der Waals surface area contributed by atoms with Crippen molar-refractivity contribution >= 4 is 17.7 Å². The lowest BCUT2D eigenvalue weighted by atomic mass is 10.2. The van der Waals surface area contributed by atoms with Crippen molar-refractivity contribution in [2.24, 2.45) is 0 Å². The molecule has 2 rings (SSSR count). The summed E-state index contributed by atoms with van der Waals surface area (Å²) in [6, 6.07) is 8.00. The fourth-order valence-electron chi connectivity index (χ4n) is 3.02. The zero-order valence-electron chi connectivity index (χ0n) is 16.7. The molecule has 146 valence electrons. The molecule has 1 heterocycles. The maximum atomic E-state index is 12.6. The fourth-order valence-corrected chi connectivity index (χ4v) is 3.83. The first-order valence-corrected chi connectivity index (χ1v) is 10.00. The third kappa shape index (κ3) is 5.13. The summed E-state index contributed by atoms with van der Waals surface area (Å²) in [4.78, 5) is 14.5. The van der Waals surface area contributed by atoms with E-state index in [4.69, 9.17) is 4.74 Å². The quantitative estimate of drug-likeness (QED) is 0.482. The highest BCUT2D eigenvalue weighted by Gasteiger charge is 2.21. The van der Waals surface area contributed by atoms with Gasteiger partial charge in [0.05, 0.1) is 12.9 Å². The topological polar surface area (TPSA) is 60.2 Å². The van der Waals surface area contributed by atoms with Gasteiger partial charge in [-0.2, -0.15) is 0 Å². The van der Waals surface area contributed by atoms with Crippen molar-refractivity contribution in [2.45, 2.75) is 51.5 Å². The van der Waals surface area contributed by atoms with Crippen LogP contribution in [0.2, 0.25) is 0 Å². The van der Waals surface area contributed by atoms with Gasteiger partial charge in [-0.25, -0.2) is 0 Å². The van der Waals surface area contributed by atoms with Gasteiger partial charge in [0, 0.05) is 24.2 Å². The Kier molecular flexibility index (Phi) is 7.47. The van der Waals surface area contributed by atoms with Gasteiger partial charge in [0.2, 0.25) is 5.91 Å². The van der Waals surface area contributed by atoms with E-state index in [1.165, 1.54) is 11.8 Å². The van der Waals surface area contributed by atoms with Gasteiger partial charge >= 0.3 is 0 Å². The van der Waals surface area contributed by atoms with Crippen LogP contribution in [0.1, 0.15) is 27.7 Å². The molecule has 1 aromatic heterocycles. The van der Waals surface area contributed by atoms with Crippen molar-refractivity contribution < 1.29 is 9.53 Å². The molecule has 27 heavy (non-hydrogen) atoms. The first-order chi connectivity index (χ1) is 12.9. The second-order valence-electron chi connectivity index (χ2n) is 6.71. The molecule has 0 aliphatic carbocycles. The third-order valence-corrected chi connectivity index (χ3v) is 5.05. The van der Waals surface area contributed by atoms with Crippen molar-refractivity contribution in [3.8, 4) is 17.1 Å². The number of carbonyl (C=O) groups excluding carboxylic acids is 1. The number of amides is 1. The summed E-state index contributed by atoms with van der Waals surface area (Å²) in [7, 11) is 1.64. The van der Waals surface area contributed by atoms with Crippen LogP contribution in [0.5, 0.6) is 5.75 Å². The molecule has 0 unspecified atom stereocenters. The summed E-state index contributed by atoms with van der Waals surface area (Å²) in [5, 5.41) is 9.34. The average molecular weight is 389 g/mol. The SMILES string of the molecule is C=CCn1c(SCC(=O)N(C(C)C)C(C)C)nnc1-c1ccc(OC)cc1. The maximum Gasteiger partial charge on any atom is 0.233 e. The molecule has 0 saturated heterocycles. The molecule has 1 amide bonds. The minimum Gasteiger partial charge on any atom is -0.497 e. The summed E-state index contributed by atoms with van der Waals surface area (Å²) in [5.74, 6) is 1.96. The van der Waals surface area contributed by atoms with Gasteiger partial charge in [-0.3, -0.25) is 9.36 Å². The average Bonchev–Trinajstić information content (AvgIpc) is 3.02. The molecule has 0 aliphatic heterocycles. The molecule has 1 aromatic carbocycles. The van der Waals surface area contributed by atoms with E-state index in [0.29, 0.717) is 17.5 Å². The molecular formula is C20H28N4O2S. The molecule has 0 aliphatic rings. The standard InChI is InChI=1S/C20H28N4O2S/c1-7-12-23-19(16-8-10-17(26-6)11-9-16)21-22-20(23)27-13-18(25)24(14(2)3)15(4)5/h7-11,14-15H,1,12-13H2,2-6H3. The lowest BCUT2D eigenvalue weighted by molar-refractivity contribution is -0.131. The summed E-state index contributed by atoms with van der Waals surface area (Å²) in [6.07, 6.45) is 1.80. The molecule has 0 atom stereocenters. The first kappa shape index (κ1) is 21.0. The summed E-state index contributed by atoms with van der Waals surface area (Å²) in [6.45, 7) is 12.5. The molecule has 2 aromatic rings. The highest BCUT2D eigenvalue weighted by molar-refractivity contribution is 7.99.